The molecule has 2 atom stereocenters. The van der Waals surface area contributed by atoms with E-state index in [2.05, 4.69) is 16.7 Å². The van der Waals surface area contributed by atoms with Crippen molar-refractivity contribution < 1.29 is 9.90 Å². The molecular formula is C14H26N2O2. The van der Waals surface area contributed by atoms with Crippen molar-refractivity contribution in [1.29, 1.82) is 0 Å². The summed E-state index contributed by atoms with van der Waals surface area (Å²) >= 11 is 0. The normalized spacial score (nSPS) is 33.2. The number of likely N-dealkylation sites (N-methyl/N-ethyl adjacent to an activating group) is 1. The fraction of sp³-hybridized carbons (Fsp3) is 0.929. The number of rotatable bonds is 2. The maximum Gasteiger partial charge on any atom is 0.309 e. The van der Waals surface area contributed by atoms with Gasteiger partial charge in [-0.15, -0.1) is 0 Å². The van der Waals surface area contributed by atoms with Gasteiger partial charge in [-0.25, -0.2) is 0 Å². The third-order valence-corrected chi connectivity index (χ3v) is 4.50. The molecule has 0 bridgehead atoms. The van der Waals surface area contributed by atoms with Gasteiger partial charge in [-0.05, 0) is 26.8 Å². The highest BCUT2D eigenvalue weighted by Crippen LogP contribution is 2.26. The van der Waals surface area contributed by atoms with Crippen molar-refractivity contribution in [2.75, 3.05) is 26.7 Å². The Kier molecular flexibility index (Phi) is 4.62. The molecule has 2 rings (SSSR count). The molecule has 0 aromatic heterocycles. The largest absolute Gasteiger partial charge is 0.481 e. The van der Waals surface area contributed by atoms with Crippen LogP contribution < -0.4 is 0 Å². The molecule has 1 saturated heterocycles. The Hall–Kier alpha value is -0.610. The lowest BCUT2D eigenvalue weighted by Gasteiger charge is -2.38. The third-order valence-electron chi connectivity index (χ3n) is 4.50. The first-order valence-corrected chi connectivity index (χ1v) is 7.25. The van der Waals surface area contributed by atoms with Gasteiger partial charge in [0.1, 0.15) is 0 Å². The standard InChI is InChI=1S/C14H26N2O2/c1-11-8-15(2)9-12(14(17)18)10-16(11)13-6-4-3-5-7-13/h11-13H,3-10H2,1-2H3,(H,17,18). The van der Waals surface area contributed by atoms with E-state index in [0.717, 1.165) is 13.1 Å². The Morgan fingerprint density at radius 1 is 1.11 bits per heavy atom. The number of aliphatic carboxylic acids is 1. The molecule has 4 nitrogen and oxygen atoms in total. The molecule has 1 aliphatic carbocycles. The van der Waals surface area contributed by atoms with Crippen LogP contribution in [0.3, 0.4) is 0 Å². The highest BCUT2D eigenvalue weighted by atomic mass is 16.4. The van der Waals surface area contributed by atoms with E-state index >= 15 is 0 Å². The molecule has 4 heteroatoms. The van der Waals surface area contributed by atoms with Crippen molar-refractivity contribution in [3.05, 3.63) is 0 Å². The van der Waals surface area contributed by atoms with E-state index in [1.807, 2.05) is 7.05 Å². The van der Waals surface area contributed by atoms with Crippen LogP contribution in [0.2, 0.25) is 0 Å². The molecule has 0 radical (unpaired) electrons. The minimum Gasteiger partial charge on any atom is -0.481 e. The van der Waals surface area contributed by atoms with Crippen LogP contribution in [-0.2, 0) is 4.79 Å². The van der Waals surface area contributed by atoms with Crippen LogP contribution in [-0.4, -0.2) is 59.6 Å². The summed E-state index contributed by atoms with van der Waals surface area (Å²) in [7, 11) is 2.04. The van der Waals surface area contributed by atoms with Crippen LogP contribution in [0.1, 0.15) is 39.0 Å². The second kappa shape index (κ2) is 6.02. The number of carbonyl (C=O) groups is 1. The van der Waals surface area contributed by atoms with Crippen LogP contribution in [0.25, 0.3) is 0 Å². The highest BCUT2D eigenvalue weighted by Gasteiger charge is 2.33. The SMILES string of the molecule is CC1CN(C)CC(C(=O)O)CN1C1CCCCC1. The third kappa shape index (κ3) is 3.23. The van der Waals surface area contributed by atoms with E-state index in [-0.39, 0.29) is 5.92 Å². The summed E-state index contributed by atoms with van der Waals surface area (Å²) in [4.78, 5) is 16.0. The Morgan fingerprint density at radius 2 is 1.78 bits per heavy atom. The van der Waals surface area contributed by atoms with Gasteiger partial charge in [0.2, 0.25) is 0 Å². The fourth-order valence-electron chi connectivity index (χ4n) is 3.58. The van der Waals surface area contributed by atoms with E-state index in [1.54, 1.807) is 0 Å². The van der Waals surface area contributed by atoms with Gasteiger partial charge in [-0.1, -0.05) is 19.3 Å². The summed E-state index contributed by atoms with van der Waals surface area (Å²) in [6, 6.07) is 1.09. The molecule has 1 N–H and O–H groups in total. The van der Waals surface area contributed by atoms with Crippen LogP contribution >= 0.6 is 0 Å². The Bertz CT molecular complexity index is 290. The summed E-state index contributed by atoms with van der Waals surface area (Å²) < 4.78 is 0. The van der Waals surface area contributed by atoms with Crippen molar-refractivity contribution in [2.24, 2.45) is 5.92 Å². The number of hydrogen-bond acceptors (Lipinski definition) is 3. The maximum atomic E-state index is 11.3. The monoisotopic (exact) mass is 254 g/mol. The Labute approximate surface area is 110 Å². The predicted molar refractivity (Wildman–Crippen MR) is 71.7 cm³/mol. The van der Waals surface area contributed by atoms with E-state index < -0.39 is 5.97 Å². The zero-order valence-electron chi connectivity index (χ0n) is 11.6. The fourth-order valence-corrected chi connectivity index (χ4v) is 3.58. The van der Waals surface area contributed by atoms with Gasteiger partial charge in [0.25, 0.3) is 0 Å². The lowest BCUT2D eigenvalue weighted by Crippen LogP contribution is -2.46. The average molecular weight is 254 g/mol. The predicted octanol–water partition coefficient (Wildman–Crippen LogP) is 1.66. The molecule has 18 heavy (non-hydrogen) atoms. The topological polar surface area (TPSA) is 43.8 Å². The van der Waals surface area contributed by atoms with Crippen molar-refractivity contribution in [2.45, 2.75) is 51.1 Å². The zero-order chi connectivity index (χ0) is 13.1. The summed E-state index contributed by atoms with van der Waals surface area (Å²) in [5, 5.41) is 9.33. The lowest BCUT2D eigenvalue weighted by molar-refractivity contribution is -0.142. The van der Waals surface area contributed by atoms with Crippen molar-refractivity contribution in [1.82, 2.24) is 9.80 Å². The Morgan fingerprint density at radius 3 is 2.39 bits per heavy atom. The summed E-state index contributed by atoms with van der Waals surface area (Å²) in [6.45, 7) is 4.64. The molecule has 0 aromatic carbocycles. The second-order valence-electron chi connectivity index (χ2n) is 6.09. The van der Waals surface area contributed by atoms with E-state index in [1.165, 1.54) is 32.1 Å². The maximum absolute atomic E-state index is 11.3. The molecule has 1 saturated carbocycles. The molecule has 2 fully saturated rings. The number of hydrogen-bond donors (Lipinski definition) is 1. The van der Waals surface area contributed by atoms with Crippen molar-refractivity contribution >= 4 is 5.97 Å². The van der Waals surface area contributed by atoms with Crippen LogP contribution in [0.5, 0.6) is 0 Å². The highest BCUT2D eigenvalue weighted by molar-refractivity contribution is 5.70. The molecule has 0 spiro atoms. The molecule has 0 amide bonds. The quantitative estimate of drug-likeness (QED) is 0.814. The van der Waals surface area contributed by atoms with Crippen LogP contribution in [0, 0.1) is 5.92 Å². The summed E-state index contributed by atoms with van der Waals surface area (Å²) in [5.74, 6) is -0.876. The smallest absolute Gasteiger partial charge is 0.309 e. The first-order valence-electron chi connectivity index (χ1n) is 7.25. The molecule has 104 valence electrons. The molecule has 0 aromatic rings. The second-order valence-corrected chi connectivity index (χ2v) is 6.09. The van der Waals surface area contributed by atoms with Crippen molar-refractivity contribution in [3.8, 4) is 0 Å². The van der Waals surface area contributed by atoms with Crippen molar-refractivity contribution in [3.63, 3.8) is 0 Å². The average Bonchev–Trinajstić information content (AvgIpc) is 2.49. The van der Waals surface area contributed by atoms with Crippen LogP contribution in [0.4, 0.5) is 0 Å². The number of carboxylic acid groups (broad SMARTS) is 1. The lowest BCUT2D eigenvalue weighted by atomic mass is 9.92. The van der Waals surface area contributed by atoms with Gasteiger partial charge in [-0.3, -0.25) is 9.69 Å². The first kappa shape index (κ1) is 13.8. The molecule has 2 aliphatic rings. The van der Waals surface area contributed by atoms with E-state index in [4.69, 9.17) is 0 Å². The summed E-state index contributed by atoms with van der Waals surface area (Å²) in [6.07, 6.45) is 6.46. The van der Waals surface area contributed by atoms with Crippen LogP contribution in [0.15, 0.2) is 0 Å². The van der Waals surface area contributed by atoms with Gasteiger partial charge < -0.3 is 10.0 Å². The van der Waals surface area contributed by atoms with Gasteiger partial charge in [0.15, 0.2) is 0 Å². The van der Waals surface area contributed by atoms with Gasteiger partial charge >= 0.3 is 5.97 Å². The zero-order valence-corrected chi connectivity index (χ0v) is 11.6. The van der Waals surface area contributed by atoms with Gasteiger partial charge in [-0.2, -0.15) is 0 Å². The van der Waals surface area contributed by atoms with Gasteiger partial charge in [0, 0.05) is 31.7 Å². The molecular weight excluding hydrogens is 228 g/mol. The molecule has 2 unspecified atom stereocenters. The van der Waals surface area contributed by atoms with Gasteiger partial charge in [0.05, 0.1) is 5.92 Å². The minimum absolute atomic E-state index is 0.234. The number of nitrogens with zero attached hydrogens (tertiary/aromatic N) is 2. The summed E-state index contributed by atoms with van der Waals surface area (Å²) in [5.41, 5.74) is 0. The van der Waals surface area contributed by atoms with E-state index in [0.29, 0.717) is 18.6 Å². The minimum atomic E-state index is -0.642. The number of carboxylic acids is 1. The van der Waals surface area contributed by atoms with E-state index in [9.17, 15) is 9.90 Å². The molecule has 1 aliphatic heterocycles. The Balaban J connectivity index is 2.07. The first-order chi connectivity index (χ1) is 8.58. The molecule has 1 heterocycles.